The van der Waals surface area contributed by atoms with E-state index in [-0.39, 0.29) is 5.91 Å². The van der Waals surface area contributed by atoms with E-state index in [1.807, 2.05) is 17.7 Å². The Hall–Kier alpha value is -2.04. The molecule has 5 nitrogen and oxygen atoms in total. The Labute approximate surface area is 111 Å². The zero-order valence-corrected chi connectivity index (χ0v) is 11.1. The van der Waals surface area contributed by atoms with Crippen molar-refractivity contribution in [2.75, 3.05) is 5.32 Å². The molecule has 1 N–H and O–H groups in total. The number of nitrogens with one attached hydrogen (secondary N) is 1. The molecule has 0 radical (unpaired) electrons. The fourth-order valence-electron chi connectivity index (χ4n) is 2.29. The molecule has 1 unspecified atom stereocenters. The summed E-state index contributed by atoms with van der Waals surface area (Å²) in [4.78, 5) is 12.1. The number of carbonyl (C=O) groups is 1. The van der Waals surface area contributed by atoms with Gasteiger partial charge in [0.05, 0.1) is 18.5 Å². The highest BCUT2D eigenvalue weighted by Gasteiger charge is 2.31. The van der Waals surface area contributed by atoms with Gasteiger partial charge in [-0.05, 0) is 38.7 Å². The van der Waals surface area contributed by atoms with Crippen LogP contribution in [0.4, 0.5) is 5.82 Å². The Kier molecular flexibility index (Phi) is 2.89. The third kappa shape index (κ3) is 2.28. The summed E-state index contributed by atoms with van der Waals surface area (Å²) in [5.41, 5.74) is 0.832. The van der Waals surface area contributed by atoms with Crippen LogP contribution in [0.25, 0.3) is 0 Å². The lowest BCUT2D eigenvalue weighted by Gasteiger charge is -2.15. The van der Waals surface area contributed by atoms with Crippen molar-refractivity contribution in [3.8, 4) is 0 Å². The molecule has 1 fully saturated rings. The van der Waals surface area contributed by atoms with Crippen molar-refractivity contribution in [3.63, 3.8) is 0 Å². The highest BCUT2D eigenvalue weighted by Crippen LogP contribution is 2.40. The smallest absolute Gasteiger partial charge is 0.292 e. The minimum Gasteiger partial charge on any atom is -0.459 e. The number of hydrogen-bond acceptors (Lipinski definition) is 3. The van der Waals surface area contributed by atoms with Crippen molar-refractivity contribution < 1.29 is 9.21 Å². The second kappa shape index (κ2) is 4.57. The fraction of sp³-hybridized carbons (Fsp3) is 0.429. The molecule has 19 heavy (non-hydrogen) atoms. The molecule has 3 rings (SSSR count). The van der Waals surface area contributed by atoms with Crippen molar-refractivity contribution >= 4 is 11.7 Å². The molecule has 0 bridgehead atoms. The predicted octanol–water partition coefficient (Wildman–Crippen LogP) is 3.01. The Balaban J connectivity index is 1.78. The molecular formula is C14H17N3O2. The van der Waals surface area contributed by atoms with Gasteiger partial charge in [0.25, 0.3) is 5.91 Å². The van der Waals surface area contributed by atoms with E-state index in [2.05, 4.69) is 17.3 Å². The lowest BCUT2D eigenvalue weighted by molar-refractivity contribution is 0.0994. The Bertz CT molecular complexity index is 595. The molecule has 2 aromatic rings. The van der Waals surface area contributed by atoms with Crippen LogP contribution >= 0.6 is 0 Å². The first kappa shape index (κ1) is 12.0. The first-order chi connectivity index (χ1) is 9.16. The van der Waals surface area contributed by atoms with Gasteiger partial charge in [-0.25, -0.2) is 4.68 Å². The molecule has 1 aliphatic carbocycles. The van der Waals surface area contributed by atoms with Gasteiger partial charge in [0.2, 0.25) is 0 Å². The van der Waals surface area contributed by atoms with Crippen LogP contribution in [0.3, 0.4) is 0 Å². The van der Waals surface area contributed by atoms with Crippen LogP contribution in [0.15, 0.2) is 29.0 Å². The van der Waals surface area contributed by atoms with Crippen molar-refractivity contribution in [2.45, 2.75) is 32.7 Å². The van der Waals surface area contributed by atoms with E-state index >= 15 is 0 Å². The quantitative estimate of drug-likeness (QED) is 0.918. The van der Waals surface area contributed by atoms with Crippen molar-refractivity contribution in [1.82, 2.24) is 9.78 Å². The lowest BCUT2D eigenvalue weighted by atomic mass is 10.2. The Morgan fingerprint density at radius 3 is 2.95 bits per heavy atom. The number of rotatable bonds is 4. The predicted molar refractivity (Wildman–Crippen MR) is 71.1 cm³/mol. The number of nitrogens with zero attached hydrogens (tertiary/aromatic N) is 2. The molecule has 0 aromatic carbocycles. The number of aryl methyl sites for hydroxylation is 1. The molecule has 100 valence electrons. The summed E-state index contributed by atoms with van der Waals surface area (Å²) in [5, 5.41) is 7.17. The zero-order chi connectivity index (χ0) is 13.4. The van der Waals surface area contributed by atoms with Gasteiger partial charge in [-0.2, -0.15) is 5.10 Å². The standard InChI is InChI=1S/C14H17N3O2/c1-9-6-8-19-13(9)14(18)16-12-5-7-15-17(12)10(2)11-3-4-11/h5-8,10-11H,3-4H2,1-2H3,(H,16,18). The number of hydrogen-bond donors (Lipinski definition) is 1. The summed E-state index contributed by atoms with van der Waals surface area (Å²) in [6.45, 7) is 3.99. The number of carbonyl (C=O) groups excluding carboxylic acids is 1. The van der Waals surface area contributed by atoms with Crippen LogP contribution in [-0.4, -0.2) is 15.7 Å². The van der Waals surface area contributed by atoms with Gasteiger partial charge in [-0.1, -0.05) is 0 Å². The zero-order valence-electron chi connectivity index (χ0n) is 11.1. The average molecular weight is 259 g/mol. The fourth-order valence-corrected chi connectivity index (χ4v) is 2.29. The van der Waals surface area contributed by atoms with E-state index in [1.165, 1.54) is 19.1 Å². The monoisotopic (exact) mass is 259 g/mol. The second-order valence-corrected chi connectivity index (χ2v) is 5.13. The minimum atomic E-state index is -0.229. The molecule has 0 spiro atoms. The molecule has 1 amide bonds. The van der Waals surface area contributed by atoms with Crippen LogP contribution in [0.2, 0.25) is 0 Å². The maximum atomic E-state index is 12.1. The van der Waals surface area contributed by atoms with E-state index in [0.29, 0.717) is 17.7 Å². The van der Waals surface area contributed by atoms with E-state index < -0.39 is 0 Å². The van der Waals surface area contributed by atoms with E-state index in [1.54, 1.807) is 12.3 Å². The van der Waals surface area contributed by atoms with Crippen LogP contribution in [0.5, 0.6) is 0 Å². The largest absolute Gasteiger partial charge is 0.459 e. The molecule has 1 atom stereocenters. The van der Waals surface area contributed by atoms with Crippen molar-refractivity contribution in [1.29, 1.82) is 0 Å². The SMILES string of the molecule is Cc1ccoc1C(=O)Nc1ccnn1C(C)C1CC1. The number of amides is 1. The van der Waals surface area contributed by atoms with Crippen LogP contribution in [0.1, 0.15) is 41.9 Å². The summed E-state index contributed by atoms with van der Waals surface area (Å²) in [7, 11) is 0. The second-order valence-electron chi connectivity index (χ2n) is 5.13. The summed E-state index contributed by atoms with van der Waals surface area (Å²) < 4.78 is 7.08. The van der Waals surface area contributed by atoms with Gasteiger partial charge < -0.3 is 9.73 Å². The summed E-state index contributed by atoms with van der Waals surface area (Å²) in [6.07, 6.45) is 5.72. The van der Waals surface area contributed by atoms with Gasteiger partial charge in [-0.15, -0.1) is 0 Å². The van der Waals surface area contributed by atoms with Gasteiger partial charge in [0, 0.05) is 11.6 Å². The third-order valence-corrected chi connectivity index (χ3v) is 3.67. The third-order valence-electron chi connectivity index (χ3n) is 3.67. The van der Waals surface area contributed by atoms with E-state index in [4.69, 9.17) is 4.42 Å². The molecule has 0 aliphatic heterocycles. The van der Waals surface area contributed by atoms with Gasteiger partial charge >= 0.3 is 0 Å². The van der Waals surface area contributed by atoms with Crippen LogP contribution < -0.4 is 5.32 Å². The molecule has 2 aromatic heterocycles. The maximum Gasteiger partial charge on any atom is 0.292 e. The van der Waals surface area contributed by atoms with Gasteiger partial charge in [-0.3, -0.25) is 4.79 Å². The summed E-state index contributed by atoms with van der Waals surface area (Å²) in [6, 6.07) is 3.91. The first-order valence-corrected chi connectivity index (χ1v) is 6.56. The van der Waals surface area contributed by atoms with Crippen LogP contribution in [-0.2, 0) is 0 Å². The molecule has 1 aliphatic rings. The van der Waals surface area contributed by atoms with Crippen molar-refractivity contribution in [3.05, 3.63) is 35.9 Å². The minimum absolute atomic E-state index is 0.229. The molecule has 5 heteroatoms. The van der Waals surface area contributed by atoms with Crippen molar-refractivity contribution in [2.24, 2.45) is 5.92 Å². The van der Waals surface area contributed by atoms with Gasteiger partial charge in [0.1, 0.15) is 5.82 Å². The van der Waals surface area contributed by atoms with Gasteiger partial charge in [0.15, 0.2) is 5.76 Å². The number of anilines is 1. The first-order valence-electron chi connectivity index (χ1n) is 6.56. The number of furan rings is 1. The molecular weight excluding hydrogens is 242 g/mol. The highest BCUT2D eigenvalue weighted by molar-refractivity contribution is 6.02. The topological polar surface area (TPSA) is 60.1 Å². The number of aromatic nitrogens is 2. The van der Waals surface area contributed by atoms with E-state index in [0.717, 1.165) is 11.4 Å². The molecule has 1 saturated carbocycles. The maximum absolute atomic E-state index is 12.1. The Morgan fingerprint density at radius 2 is 2.32 bits per heavy atom. The molecule has 2 heterocycles. The average Bonchev–Trinajstić information content (AvgIpc) is 3.00. The summed E-state index contributed by atoms with van der Waals surface area (Å²) in [5.74, 6) is 1.53. The summed E-state index contributed by atoms with van der Waals surface area (Å²) >= 11 is 0. The normalized spacial score (nSPS) is 16.3. The van der Waals surface area contributed by atoms with E-state index in [9.17, 15) is 4.79 Å². The Morgan fingerprint density at radius 1 is 1.53 bits per heavy atom. The lowest BCUT2D eigenvalue weighted by Crippen LogP contribution is -2.18. The highest BCUT2D eigenvalue weighted by atomic mass is 16.3. The molecule has 0 saturated heterocycles. The van der Waals surface area contributed by atoms with Crippen LogP contribution in [0, 0.1) is 12.8 Å².